The van der Waals surface area contributed by atoms with E-state index in [1.165, 1.54) is 6.08 Å². The molecular formula is C21H17ClO2. The van der Waals surface area contributed by atoms with Gasteiger partial charge in [-0.15, -0.1) is 0 Å². The second-order valence-corrected chi connectivity index (χ2v) is 5.99. The number of carbonyl (C=O) groups excluding carboxylic acids is 1. The normalized spacial score (nSPS) is 11.2. The lowest BCUT2D eigenvalue weighted by molar-refractivity contribution is 0.104. The van der Waals surface area contributed by atoms with Crippen LogP contribution in [-0.4, -0.2) is 10.9 Å². The van der Waals surface area contributed by atoms with E-state index in [-0.39, 0.29) is 11.5 Å². The second kappa shape index (κ2) is 6.90. The van der Waals surface area contributed by atoms with E-state index in [1.807, 2.05) is 49.4 Å². The van der Waals surface area contributed by atoms with Gasteiger partial charge < -0.3 is 5.11 Å². The van der Waals surface area contributed by atoms with Crippen molar-refractivity contribution in [1.29, 1.82) is 0 Å². The molecule has 0 bridgehead atoms. The first-order chi connectivity index (χ1) is 11.6. The van der Waals surface area contributed by atoms with Gasteiger partial charge in [0.2, 0.25) is 0 Å². The Labute approximate surface area is 146 Å². The average molecular weight is 337 g/mol. The maximum absolute atomic E-state index is 12.4. The van der Waals surface area contributed by atoms with Gasteiger partial charge in [-0.1, -0.05) is 67.1 Å². The molecule has 3 aromatic rings. The summed E-state index contributed by atoms with van der Waals surface area (Å²) in [6.45, 7) is 2.03. The predicted molar refractivity (Wildman–Crippen MR) is 99.8 cm³/mol. The van der Waals surface area contributed by atoms with Crippen molar-refractivity contribution >= 4 is 34.2 Å². The molecule has 0 aliphatic heterocycles. The molecule has 3 heteroatoms. The summed E-state index contributed by atoms with van der Waals surface area (Å²) >= 11 is 6.11. The molecule has 3 rings (SSSR count). The zero-order chi connectivity index (χ0) is 17.1. The summed E-state index contributed by atoms with van der Waals surface area (Å²) in [6, 6.07) is 16.6. The fourth-order valence-corrected chi connectivity index (χ4v) is 2.94. The molecule has 0 heterocycles. The van der Waals surface area contributed by atoms with Crippen LogP contribution < -0.4 is 0 Å². The van der Waals surface area contributed by atoms with Crippen molar-refractivity contribution in [1.82, 2.24) is 0 Å². The number of allylic oxidation sites excluding steroid dienone is 1. The highest BCUT2D eigenvalue weighted by molar-refractivity contribution is 6.31. The molecule has 0 amide bonds. The molecule has 1 N–H and O–H groups in total. The summed E-state index contributed by atoms with van der Waals surface area (Å²) in [4.78, 5) is 12.4. The number of halogens is 1. The minimum atomic E-state index is -0.230. The van der Waals surface area contributed by atoms with Gasteiger partial charge in [-0.05, 0) is 41.1 Å². The van der Waals surface area contributed by atoms with E-state index in [0.717, 1.165) is 28.0 Å². The summed E-state index contributed by atoms with van der Waals surface area (Å²) in [6.07, 6.45) is 4.05. The van der Waals surface area contributed by atoms with Gasteiger partial charge in [-0.3, -0.25) is 4.79 Å². The summed E-state index contributed by atoms with van der Waals surface area (Å²) < 4.78 is 0. The fourth-order valence-electron chi connectivity index (χ4n) is 2.68. The Morgan fingerprint density at radius 3 is 2.71 bits per heavy atom. The van der Waals surface area contributed by atoms with E-state index < -0.39 is 0 Å². The summed E-state index contributed by atoms with van der Waals surface area (Å²) in [5.41, 5.74) is 2.25. The Morgan fingerprint density at radius 2 is 1.92 bits per heavy atom. The molecule has 0 radical (unpaired) electrons. The highest BCUT2D eigenvalue weighted by Gasteiger charge is 2.11. The zero-order valence-electron chi connectivity index (χ0n) is 13.3. The first-order valence-corrected chi connectivity index (χ1v) is 8.19. The van der Waals surface area contributed by atoms with Gasteiger partial charge in [0.15, 0.2) is 5.78 Å². The molecule has 0 saturated heterocycles. The van der Waals surface area contributed by atoms with Gasteiger partial charge in [0.1, 0.15) is 5.75 Å². The van der Waals surface area contributed by atoms with Gasteiger partial charge in [0.05, 0.1) is 5.56 Å². The number of phenols is 1. The SMILES string of the molecule is CCc1cc(/C=C/C(=O)c2ccc3ccccc3c2O)ccc1Cl. The van der Waals surface area contributed by atoms with Crippen LogP contribution in [0.4, 0.5) is 0 Å². The molecule has 0 aliphatic carbocycles. The molecule has 0 unspecified atom stereocenters. The topological polar surface area (TPSA) is 37.3 Å². The van der Waals surface area contributed by atoms with Crippen LogP contribution in [0.5, 0.6) is 5.75 Å². The zero-order valence-corrected chi connectivity index (χ0v) is 14.0. The van der Waals surface area contributed by atoms with E-state index in [4.69, 9.17) is 11.6 Å². The lowest BCUT2D eigenvalue weighted by Gasteiger charge is -2.05. The smallest absolute Gasteiger partial charge is 0.189 e. The van der Waals surface area contributed by atoms with Crippen LogP contribution in [0.2, 0.25) is 5.02 Å². The molecule has 24 heavy (non-hydrogen) atoms. The highest BCUT2D eigenvalue weighted by atomic mass is 35.5. The third-order valence-corrected chi connectivity index (χ3v) is 4.41. The van der Waals surface area contributed by atoms with E-state index >= 15 is 0 Å². The van der Waals surface area contributed by atoms with Crippen LogP contribution in [0.15, 0.2) is 60.7 Å². The van der Waals surface area contributed by atoms with Crippen molar-refractivity contribution in [2.75, 3.05) is 0 Å². The second-order valence-electron chi connectivity index (χ2n) is 5.58. The highest BCUT2D eigenvalue weighted by Crippen LogP contribution is 2.29. The lowest BCUT2D eigenvalue weighted by Crippen LogP contribution is -1.95. The lowest BCUT2D eigenvalue weighted by atomic mass is 10.0. The van der Waals surface area contributed by atoms with Crippen LogP contribution in [0.3, 0.4) is 0 Å². The largest absolute Gasteiger partial charge is 0.507 e. The van der Waals surface area contributed by atoms with Gasteiger partial charge in [0.25, 0.3) is 0 Å². The minimum Gasteiger partial charge on any atom is -0.507 e. The Kier molecular flexibility index (Phi) is 4.68. The number of benzene rings is 3. The number of aryl methyl sites for hydroxylation is 1. The molecule has 0 aromatic heterocycles. The molecule has 120 valence electrons. The summed E-state index contributed by atoms with van der Waals surface area (Å²) in [7, 11) is 0. The average Bonchev–Trinajstić information content (AvgIpc) is 2.61. The molecule has 3 aromatic carbocycles. The third-order valence-electron chi connectivity index (χ3n) is 4.04. The standard InChI is InChI=1S/C21H17ClO2/c1-2-15-13-14(7-11-19(15)22)8-12-20(23)18-10-9-16-5-3-4-6-17(16)21(18)24/h3-13,24H,2H2,1H3/b12-8+. The Bertz CT molecular complexity index is 942. The third kappa shape index (κ3) is 3.19. The fraction of sp³-hybridized carbons (Fsp3) is 0.0952. The number of carbonyl (C=O) groups is 1. The van der Waals surface area contributed by atoms with Crippen LogP contribution in [0.25, 0.3) is 16.8 Å². The number of hydrogen-bond donors (Lipinski definition) is 1. The number of hydrogen-bond acceptors (Lipinski definition) is 2. The first kappa shape index (κ1) is 16.3. The Morgan fingerprint density at radius 1 is 1.12 bits per heavy atom. The molecule has 0 saturated carbocycles. The van der Waals surface area contributed by atoms with E-state index in [9.17, 15) is 9.90 Å². The molecule has 0 fully saturated rings. The Hall–Kier alpha value is -2.58. The number of aromatic hydroxyl groups is 1. The van der Waals surface area contributed by atoms with Gasteiger partial charge in [-0.2, -0.15) is 0 Å². The van der Waals surface area contributed by atoms with Crippen LogP contribution in [0.1, 0.15) is 28.4 Å². The number of ketones is 1. The minimum absolute atomic E-state index is 0.0214. The summed E-state index contributed by atoms with van der Waals surface area (Å²) in [5, 5.41) is 12.7. The van der Waals surface area contributed by atoms with Crippen molar-refractivity contribution in [3.63, 3.8) is 0 Å². The number of fused-ring (bicyclic) bond motifs is 1. The number of rotatable bonds is 4. The first-order valence-electron chi connectivity index (χ1n) is 7.81. The molecule has 2 nitrogen and oxygen atoms in total. The van der Waals surface area contributed by atoms with Crippen molar-refractivity contribution < 1.29 is 9.90 Å². The monoisotopic (exact) mass is 336 g/mol. The molecule has 0 atom stereocenters. The van der Waals surface area contributed by atoms with Crippen molar-refractivity contribution in [2.24, 2.45) is 0 Å². The Balaban J connectivity index is 1.91. The maximum atomic E-state index is 12.4. The van der Waals surface area contributed by atoms with E-state index in [1.54, 1.807) is 18.2 Å². The predicted octanol–water partition coefficient (Wildman–Crippen LogP) is 5.66. The van der Waals surface area contributed by atoms with Gasteiger partial charge in [-0.25, -0.2) is 0 Å². The molecule has 0 aliphatic rings. The van der Waals surface area contributed by atoms with Crippen LogP contribution in [-0.2, 0) is 6.42 Å². The quantitative estimate of drug-likeness (QED) is 0.493. The summed E-state index contributed by atoms with van der Waals surface area (Å²) in [5.74, 6) is -0.209. The molecular weight excluding hydrogens is 320 g/mol. The van der Waals surface area contributed by atoms with E-state index in [0.29, 0.717) is 10.9 Å². The van der Waals surface area contributed by atoms with Crippen molar-refractivity contribution in [3.05, 3.63) is 82.4 Å². The van der Waals surface area contributed by atoms with Gasteiger partial charge in [0, 0.05) is 10.4 Å². The van der Waals surface area contributed by atoms with Crippen LogP contribution >= 0.6 is 11.6 Å². The number of phenolic OH excluding ortho intramolecular Hbond substituents is 1. The van der Waals surface area contributed by atoms with Crippen molar-refractivity contribution in [3.8, 4) is 5.75 Å². The van der Waals surface area contributed by atoms with Crippen molar-refractivity contribution in [2.45, 2.75) is 13.3 Å². The van der Waals surface area contributed by atoms with Gasteiger partial charge >= 0.3 is 0 Å². The van der Waals surface area contributed by atoms with Crippen LogP contribution in [0, 0.1) is 0 Å². The van der Waals surface area contributed by atoms with E-state index in [2.05, 4.69) is 0 Å². The molecule has 0 spiro atoms. The maximum Gasteiger partial charge on any atom is 0.189 e.